The molecule has 1 aromatic carbocycles. The molecule has 0 aromatic heterocycles. The molecule has 0 bridgehead atoms. The Kier molecular flexibility index (Phi) is 4.21. The lowest BCUT2D eigenvalue weighted by molar-refractivity contribution is -0.148. The quantitative estimate of drug-likeness (QED) is 0.859. The number of aliphatic carboxylic acids is 1. The maximum Gasteiger partial charge on any atom is 0.418 e. The van der Waals surface area contributed by atoms with Gasteiger partial charge in [-0.05, 0) is 25.1 Å². The molecule has 0 amide bonds. The van der Waals surface area contributed by atoms with Crippen LogP contribution >= 0.6 is 15.9 Å². The van der Waals surface area contributed by atoms with Gasteiger partial charge in [0.2, 0.25) is 0 Å². The summed E-state index contributed by atoms with van der Waals surface area (Å²) in [4.78, 5) is 11.3. The Bertz CT molecular complexity index is 564. The topological polar surface area (TPSA) is 58.6 Å². The number of hydrogen-bond donors (Lipinski definition) is 2. The summed E-state index contributed by atoms with van der Waals surface area (Å²) in [5.41, 5.74) is -2.28. The molecule has 0 spiro atoms. The van der Waals surface area contributed by atoms with Crippen LogP contribution in [0.5, 0.6) is 0 Å². The van der Waals surface area contributed by atoms with Gasteiger partial charge in [-0.15, -0.1) is 0 Å². The summed E-state index contributed by atoms with van der Waals surface area (Å²) in [7, 11) is 0. The molecule has 1 aliphatic heterocycles. The molecule has 1 heterocycles. The fourth-order valence-electron chi connectivity index (χ4n) is 2.16. The van der Waals surface area contributed by atoms with Crippen molar-refractivity contribution in [1.29, 1.82) is 0 Å². The number of halogens is 4. The average Bonchev–Trinajstić information content (AvgIpc) is 2.71. The van der Waals surface area contributed by atoms with E-state index in [9.17, 15) is 23.1 Å². The van der Waals surface area contributed by atoms with Crippen molar-refractivity contribution in [2.24, 2.45) is 5.41 Å². The minimum atomic E-state index is -4.53. The molecule has 2 atom stereocenters. The van der Waals surface area contributed by atoms with Crippen molar-refractivity contribution in [3.05, 3.63) is 28.2 Å². The zero-order valence-corrected chi connectivity index (χ0v) is 12.6. The summed E-state index contributed by atoms with van der Waals surface area (Å²) in [6.07, 6.45) is -4.53. The Morgan fingerprint density at radius 3 is 2.76 bits per heavy atom. The van der Waals surface area contributed by atoms with Crippen molar-refractivity contribution in [1.82, 2.24) is 0 Å². The summed E-state index contributed by atoms with van der Waals surface area (Å²) in [5.74, 6) is -1.11. The first-order valence-corrected chi connectivity index (χ1v) is 6.88. The smallest absolute Gasteiger partial charge is 0.418 e. The standard InChI is InChI=1S/C13H13BrF3NO3/c1-12(11(19)20)6-21-5-10(12)18-9-4-7(14)2-3-8(9)13(15,16)17/h2-4,10,18H,5-6H2,1H3,(H,19,20). The minimum Gasteiger partial charge on any atom is -0.481 e. The lowest BCUT2D eigenvalue weighted by atomic mass is 9.85. The molecule has 1 saturated heterocycles. The molecule has 2 rings (SSSR count). The Morgan fingerprint density at radius 1 is 1.52 bits per heavy atom. The summed E-state index contributed by atoms with van der Waals surface area (Å²) in [6.45, 7) is 1.44. The summed E-state index contributed by atoms with van der Waals surface area (Å²) < 4.78 is 44.6. The summed E-state index contributed by atoms with van der Waals surface area (Å²) in [6, 6.07) is 2.77. The van der Waals surface area contributed by atoms with E-state index >= 15 is 0 Å². The van der Waals surface area contributed by atoms with E-state index < -0.39 is 29.2 Å². The fourth-order valence-corrected chi connectivity index (χ4v) is 2.52. The van der Waals surface area contributed by atoms with Gasteiger partial charge in [0, 0.05) is 10.2 Å². The van der Waals surface area contributed by atoms with Crippen LogP contribution in [0.2, 0.25) is 0 Å². The van der Waals surface area contributed by atoms with Gasteiger partial charge >= 0.3 is 12.1 Å². The first-order chi connectivity index (χ1) is 9.64. The number of rotatable bonds is 3. The highest BCUT2D eigenvalue weighted by Crippen LogP contribution is 2.39. The van der Waals surface area contributed by atoms with Crippen LogP contribution in [0.15, 0.2) is 22.7 Å². The zero-order valence-electron chi connectivity index (χ0n) is 11.0. The van der Waals surface area contributed by atoms with E-state index in [-0.39, 0.29) is 18.9 Å². The van der Waals surface area contributed by atoms with Gasteiger partial charge in [-0.25, -0.2) is 0 Å². The van der Waals surface area contributed by atoms with E-state index in [4.69, 9.17) is 4.74 Å². The van der Waals surface area contributed by atoms with E-state index in [1.807, 2.05) is 0 Å². The molecule has 1 aliphatic rings. The van der Waals surface area contributed by atoms with Crippen LogP contribution in [0.4, 0.5) is 18.9 Å². The van der Waals surface area contributed by atoms with Crippen molar-refractivity contribution in [2.45, 2.75) is 19.1 Å². The number of hydrogen-bond acceptors (Lipinski definition) is 3. The third-order valence-corrected chi connectivity index (χ3v) is 4.05. The van der Waals surface area contributed by atoms with Gasteiger partial charge in [0.15, 0.2) is 0 Å². The average molecular weight is 368 g/mol. The third-order valence-electron chi connectivity index (χ3n) is 3.56. The van der Waals surface area contributed by atoms with Gasteiger partial charge in [0.25, 0.3) is 0 Å². The lowest BCUT2D eigenvalue weighted by Gasteiger charge is -2.27. The van der Waals surface area contributed by atoms with Crippen molar-refractivity contribution in [2.75, 3.05) is 18.5 Å². The number of carboxylic acid groups (broad SMARTS) is 1. The number of alkyl halides is 3. The predicted octanol–water partition coefficient (Wildman–Crippen LogP) is 3.37. The monoisotopic (exact) mass is 367 g/mol. The highest BCUT2D eigenvalue weighted by atomic mass is 79.9. The molecule has 1 fully saturated rings. The van der Waals surface area contributed by atoms with Gasteiger partial charge in [0.1, 0.15) is 5.41 Å². The lowest BCUT2D eigenvalue weighted by Crippen LogP contribution is -2.43. The summed E-state index contributed by atoms with van der Waals surface area (Å²) >= 11 is 3.11. The number of benzene rings is 1. The first kappa shape index (κ1) is 16.1. The molecule has 4 nitrogen and oxygen atoms in total. The molecule has 0 aliphatic carbocycles. The van der Waals surface area contributed by atoms with Crippen molar-refractivity contribution >= 4 is 27.6 Å². The van der Waals surface area contributed by atoms with E-state index in [1.165, 1.54) is 19.1 Å². The number of ether oxygens (including phenoxy) is 1. The van der Waals surface area contributed by atoms with Crippen LogP contribution in [-0.2, 0) is 15.7 Å². The van der Waals surface area contributed by atoms with E-state index in [1.54, 1.807) is 0 Å². The Hall–Kier alpha value is -1.28. The van der Waals surface area contributed by atoms with Crippen LogP contribution < -0.4 is 5.32 Å². The summed E-state index contributed by atoms with van der Waals surface area (Å²) in [5, 5.41) is 11.9. The van der Waals surface area contributed by atoms with E-state index in [0.29, 0.717) is 4.47 Å². The second-order valence-electron chi connectivity index (χ2n) is 5.12. The van der Waals surface area contributed by atoms with Gasteiger partial charge in [-0.1, -0.05) is 15.9 Å². The minimum absolute atomic E-state index is 0.0343. The van der Waals surface area contributed by atoms with Crippen LogP contribution in [0.25, 0.3) is 0 Å². The normalized spacial score (nSPS) is 25.9. The molecule has 8 heteroatoms. The van der Waals surface area contributed by atoms with Crippen LogP contribution in [-0.4, -0.2) is 30.3 Å². The highest BCUT2D eigenvalue weighted by molar-refractivity contribution is 9.10. The Labute approximate surface area is 127 Å². The second kappa shape index (κ2) is 5.49. The van der Waals surface area contributed by atoms with Crippen molar-refractivity contribution < 1.29 is 27.8 Å². The molecular formula is C13H13BrF3NO3. The largest absolute Gasteiger partial charge is 0.481 e. The molecule has 0 radical (unpaired) electrons. The van der Waals surface area contributed by atoms with Crippen LogP contribution in [0.1, 0.15) is 12.5 Å². The molecule has 2 N–H and O–H groups in total. The Balaban J connectivity index is 2.35. The van der Waals surface area contributed by atoms with E-state index in [2.05, 4.69) is 21.2 Å². The molecule has 2 unspecified atom stereocenters. The molecule has 0 saturated carbocycles. The van der Waals surface area contributed by atoms with Gasteiger partial charge in [-0.3, -0.25) is 4.79 Å². The van der Waals surface area contributed by atoms with Gasteiger partial charge in [0.05, 0.1) is 24.8 Å². The van der Waals surface area contributed by atoms with Gasteiger partial charge < -0.3 is 15.2 Å². The van der Waals surface area contributed by atoms with Crippen molar-refractivity contribution in [3.8, 4) is 0 Å². The maximum atomic E-state index is 13.0. The van der Waals surface area contributed by atoms with E-state index in [0.717, 1.165) is 6.07 Å². The first-order valence-electron chi connectivity index (χ1n) is 6.09. The molecule has 21 heavy (non-hydrogen) atoms. The highest BCUT2D eigenvalue weighted by Gasteiger charge is 2.47. The number of anilines is 1. The van der Waals surface area contributed by atoms with Crippen molar-refractivity contribution in [3.63, 3.8) is 0 Å². The van der Waals surface area contributed by atoms with Gasteiger partial charge in [-0.2, -0.15) is 13.2 Å². The second-order valence-corrected chi connectivity index (χ2v) is 6.04. The van der Waals surface area contributed by atoms with Crippen LogP contribution in [0.3, 0.4) is 0 Å². The zero-order chi connectivity index (χ0) is 15.8. The molecule has 1 aromatic rings. The SMILES string of the molecule is CC1(C(=O)O)COCC1Nc1cc(Br)ccc1C(F)(F)F. The number of carbonyl (C=O) groups is 1. The van der Waals surface area contributed by atoms with Crippen LogP contribution in [0, 0.1) is 5.41 Å². The predicted molar refractivity (Wildman–Crippen MR) is 73.1 cm³/mol. The number of carboxylic acids is 1. The maximum absolute atomic E-state index is 13.0. The molecule has 116 valence electrons. The molecular weight excluding hydrogens is 355 g/mol. The number of nitrogens with one attached hydrogen (secondary N) is 1. The third kappa shape index (κ3) is 3.16. The fraction of sp³-hybridized carbons (Fsp3) is 0.462. The Morgan fingerprint density at radius 2 is 2.19 bits per heavy atom.